The molecule has 1 aliphatic heterocycles. The van der Waals surface area contributed by atoms with Crippen LogP contribution in [0.5, 0.6) is 0 Å². The summed E-state index contributed by atoms with van der Waals surface area (Å²) in [5.41, 5.74) is 9.48. The zero-order chi connectivity index (χ0) is 11.4. The first-order valence-corrected chi connectivity index (χ1v) is 5.55. The molecule has 0 fully saturated rings. The van der Waals surface area contributed by atoms with Crippen LogP contribution in [0.1, 0.15) is 20.8 Å². The first-order chi connectivity index (χ1) is 7.93. The summed E-state index contributed by atoms with van der Waals surface area (Å²) in [6, 6.07) is 4.05. The van der Waals surface area contributed by atoms with Crippen LogP contribution in [0.4, 0.5) is 5.82 Å². The van der Waals surface area contributed by atoms with Crippen molar-refractivity contribution in [3.05, 3.63) is 58.8 Å². The van der Waals surface area contributed by atoms with Crippen molar-refractivity contribution >= 4 is 5.82 Å². The average Bonchev–Trinajstić information content (AvgIpc) is 2.38. The highest BCUT2D eigenvalue weighted by molar-refractivity contribution is 5.61. The molecule has 2 aliphatic rings. The molecule has 16 heavy (non-hydrogen) atoms. The van der Waals surface area contributed by atoms with Gasteiger partial charge in [0.1, 0.15) is 5.82 Å². The zero-order valence-corrected chi connectivity index (χ0v) is 9.54. The van der Waals surface area contributed by atoms with Crippen LogP contribution in [-0.4, -0.2) is 4.98 Å². The van der Waals surface area contributed by atoms with Gasteiger partial charge >= 0.3 is 0 Å². The van der Waals surface area contributed by atoms with E-state index in [1.165, 1.54) is 11.1 Å². The lowest BCUT2D eigenvalue weighted by molar-refractivity contribution is 1.06. The summed E-state index contributed by atoms with van der Waals surface area (Å²) < 4.78 is 0. The van der Waals surface area contributed by atoms with E-state index in [4.69, 9.17) is 0 Å². The highest BCUT2D eigenvalue weighted by Crippen LogP contribution is 2.28. The van der Waals surface area contributed by atoms with Crippen molar-refractivity contribution in [2.24, 2.45) is 0 Å². The fourth-order valence-electron chi connectivity index (χ4n) is 1.70. The van der Waals surface area contributed by atoms with Gasteiger partial charge in [-0.2, -0.15) is 0 Å². The van der Waals surface area contributed by atoms with Gasteiger partial charge < -0.3 is 5.32 Å². The van der Waals surface area contributed by atoms with Crippen LogP contribution in [-0.2, 0) is 6.42 Å². The largest absolute Gasteiger partial charge is 0.333 e. The Labute approximate surface area is 97.2 Å². The number of nitrogens with one attached hydrogen (secondary N) is 1. The predicted octanol–water partition coefficient (Wildman–Crippen LogP) is 3.46. The van der Waals surface area contributed by atoms with Crippen molar-refractivity contribution in [3.63, 3.8) is 0 Å². The summed E-state index contributed by atoms with van der Waals surface area (Å²) in [5.74, 6) is 0.941. The van der Waals surface area contributed by atoms with E-state index in [1.54, 1.807) is 6.20 Å². The molecule has 0 bridgehead atoms. The van der Waals surface area contributed by atoms with Crippen molar-refractivity contribution in [3.8, 4) is 0 Å². The SMILES string of the molecule is C1=C=C2Nc3ncccc3CC2=CC=1.CC.[HH]. The van der Waals surface area contributed by atoms with Crippen LogP contribution < -0.4 is 5.32 Å². The molecule has 1 N–H and O–H groups in total. The molecule has 82 valence electrons. The minimum absolute atomic E-state index is 0. The third-order valence-corrected chi connectivity index (χ3v) is 2.40. The van der Waals surface area contributed by atoms with Crippen LogP contribution in [0.2, 0.25) is 0 Å². The number of fused-ring (bicyclic) bond motifs is 2. The van der Waals surface area contributed by atoms with Crippen molar-refractivity contribution in [2.75, 3.05) is 5.32 Å². The second kappa shape index (κ2) is 4.67. The van der Waals surface area contributed by atoms with E-state index in [-0.39, 0.29) is 1.43 Å². The van der Waals surface area contributed by atoms with Gasteiger partial charge in [0.2, 0.25) is 0 Å². The molecule has 0 radical (unpaired) electrons. The van der Waals surface area contributed by atoms with Crippen molar-refractivity contribution in [1.82, 2.24) is 4.98 Å². The lowest BCUT2D eigenvalue weighted by atomic mass is 9.98. The second-order valence-corrected chi connectivity index (χ2v) is 3.32. The molecular formula is C14H16N2. The topological polar surface area (TPSA) is 24.9 Å². The smallest absolute Gasteiger partial charge is 0.134 e. The number of pyridine rings is 1. The van der Waals surface area contributed by atoms with Crippen LogP contribution in [0.25, 0.3) is 0 Å². The quantitative estimate of drug-likeness (QED) is 0.666. The molecule has 2 heteroatoms. The summed E-state index contributed by atoms with van der Waals surface area (Å²) in [7, 11) is 0. The first kappa shape index (κ1) is 10.5. The number of anilines is 1. The monoisotopic (exact) mass is 212 g/mol. The molecule has 0 atom stereocenters. The third-order valence-electron chi connectivity index (χ3n) is 2.40. The predicted molar refractivity (Wildman–Crippen MR) is 68.2 cm³/mol. The molecule has 1 aromatic rings. The molecule has 0 aromatic carbocycles. The molecule has 1 aliphatic carbocycles. The van der Waals surface area contributed by atoms with Crippen molar-refractivity contribution in [2.45, 2.75) is 20.3 Å². The van der Waals surface area contributed by atoms with Gasteiger partial charge in [-0.25, -0.2) is 4.98 Å². The standard InChI is InChI=1S/C12H8N2.C2H6.H2/c1-2-6-11-9(4-1)8-10-5-3-7-13-12(10)14-11;1-2;/h1,3-5,7H,8H2,(H,13,14);1-2H3;1H. The molecule has 1 aromatic heterocycles. The Hall–Kier alpha value is -2.01. The Morgan fingerprint density at radius 3 is 3.19 bits per heavy atom. The summed E-state index contributed by atoms with van der Waals surface area (Å²) in [6.07, 6.45) is 6.68. The Bertz CT molecular complexity index is 531. The molecular weight excluding hydrogens is 196 g/mol. The van der Waals surface area contributed by atoms with E-state index in [9.17, 15) is 0 Å². The molecule has 2 nitrogen and oxygen atoms in total. The molecule has 0 spiro atoms. The summed E-state index contributed by atoms with van der Waals surface area (Å²) >= 11 is 0. The number of hydrogen-bond acceptors (Lipinski definition) is 2. The number of aromatic nitrogens is 1. The van der Waals surface area contributed by atoms with Gasteiger partial charge in [-0.3, -0.25) is 0 Å². The number of allylic oxidation sites excluding steroid dienone is 3. The summed E-state index contributed by atoms with van der Waals surface area (Å²) in [4.78, 5) is 4.27. The minimum atomic E-state index is 0. The van der Waals surface area contributed by atoms with Crippen LogP contribution in [0.15, 0.2) is 53.2 Å². The molecule has 0 saturated heterocycles. The average molecular weight is 212 g/mol. The van der Waals surface area contributed by atoms with E-state index in [0.29, 0.717) is 0 Å². The van der Waals surface area contributed by atoms with Gasteiger partial charge in [0, 0.05) is 14.0 Å². The number of nitrogens with zero attached hydrogens (tertiary/aromatic N) is 1. The molecule has 0 amide bonds. The van der Waals surface area contributed by atoms with Gasteiger partial charge in [0.25, 0.3) is 0 Å². The van der Waals surface area contributed by atoms with Gasteiger partial charge in [-0.05, 0) is 35.1 Å². The number of hydrogen-bond donors (Lipinski definition) is 1. The maximum Gasteiger partial charge on any atom is 0.134 e. The fourth-order valence-corrected chi connectivity index (χ4v) is 1.70. The molecule has 2 heterocycles. The fraction of sp³-hybridized carbons (Fsp3) is 0.214. The van der Waals surface area contributed by atoms with Gasteiger partial charge in [-0.1, -0.05) is 25.6 Å². The minimum Gasteiger partial charge on any atom is -0.333 e. The summed E-state index contributed by atoms with van der Waals surface area (Å²) in [6.45, 7) is 4.00. The number of rotatable bonds is 0. The van der Waals surface area contributed by atoms with E-state index in [1.807, 2.05) is 26.0 Å². The van der Waals surface area contributed by atoms with E-state index >= 15 is 0 Å². The maximum absolute atomic E-state index is 4.27. The van der Waals surface area contributed by atoms with Crippen LogP contribution >= 0.6 is 0 Å². The normalized spacial score (nSPS) is 14.6. The third kappa shape index (κ3) is 1.85. The Balaban J connectivity index is 0.000000459. The van der Waals surface area contributed by atoms with Crippen molar-refractivity contribution < 1.29 is 1.43 Å². The first-order valence-electron chi connectivity index (χ1n) is 5.55. The van der Waals surface area contributed by atoms with Crippen LogP contribution in [0, 0.1) is 0 Å². The van der Waals surface area contributed by atoms with E-state index in [2.05, 4.69) is 33.9 Å². The van der Waals surface area contributed by atoms with Crippen LogP contribution in [0.3, 0.4) is 0 Å². The van der Waals surface area contributed by atoms with Gasteiger partial charge in [0.15, 0.2) is 0 Å². The lowest BCUT2D eigenvalue weighted by Gasteiger charge is -2.20. The Morgan fingerprint density at radius 2 is 2.31 bits per heavy atom. The maximum atomic E-state index is 4.27. The van der Waals surface area contributed by atoms with Gasteiger partial charge in [0.05, 0.1) is 5.70 Å². The zero-order valence-electron chi connectivity index (χ0n) is 9.54. The van der Waals surface area contributed by atoms with E-state index in [0.717, 1.165) is 17.9 Å². The molecule has 0 unspecified atom stereocenters. The lowest BCUT2D eigenvalue weighted by Crippen LogP contribution is -2.14. The Morgan fingerprint density at radius 1 is 1.44 bits per heavy atom. The summed E-state index contributed by atoms with van der Waals surface area (Å²) in [5, 5.41) is 3.24. The van der Waals surface area contributed by atoms with E-state index < -0.39 is 0 Å². The van der Waals surface area contributed by atoms with Gasteiger partial charge in [-0.15, -0.1) is 0 Å². The van der Waals surface area contributed by atoms with Crippen molar-refractivity contribution in [1.29, 1.82) is 0 Å². The second-order valence-electron chi connectivity index (χ2n) is 3.32. The highest BCUT2D eigenvalue weighted by atomic mass is 15.0. The highest BCUT2D eigenvalue weighted by Gasteiger charge is 2.17. The molecule has 3 rings (SSSR count). The molecule has 0 saturated carbocycles. The Kier molecular flexibility index (Phi) is 3.07.